The lowest BCUT2D eigenvalue weighted by Gasteiger charge is -2.34. The molecule has 0 radical (unpaired) electrons. The van der Waals surface area contributed by atoms with Crippen molar-refractivity contribution in [2.45, 2.75) is 51.0 Å². The van der Waals surface area contributed by atoms with Gasteiger partial charge in [-0.25, -0.2) is 0 Å². The van der Waals surface area contributed by atoms with Gasteiger partial charge in [-0.05, 0) is 50.3 Å². The zero-order valence-corrected chi connectivity index (χ0v) is 17.4. The van der Waals surface area contributed by atoms with Crippen molar-refractivity contribution < 1.29 is 9.59 Å². The molecule has 1 heterocycles. The van der Waals surface area contributed by atoms with E-state index in [9.17, 15) is 9.59 Å². The largest absolute Gasteiger partial charge is 0.349 e. The van der Waals surface area contributed by atoms with Gasteiger partial charge in [0.25, 0.3) is 0 Å². The minimum absolute atomic E-state index is 0.105. The summed E-state index contributed by atoms with van der Waals surface area (Å²) in [6.45, 7) is 2.06. The molecule has 0 bridgehead atoms. The van der Waals surface area contributed by atoms with Crippen molar-refractivity contribution >= 4 is 11.8 Å². The van der Waals surface area contributed by atoms with Crippen molar-refractivity contribution in [2.24, 2.45) is 11.8 Å². The fourth-order valence-electron chi connectivity index (χ4n) is 4.73. The van der Waals surface area contributed by atoms with E-state index < -0.39 is 0 Å². The van der Waals surface area contributed by atoms with E-state index in [1.54, 1.807) is 4.90 Å². The highest BCUT2D eigenvalue weighted by Crippen LogP contribution is 2.34. The number of amides is 2. The summed E-state index contributed by atoms with van der Waals surface area (Å²) in [6, 6.07) is 10.5. The molecule has 1 aliphatic carbocycles. The number of piperidine rings is 1. The van der Waals surface area contributed by atoms with E-state index in [-0.39, 0.29) is 23.8 Å². The van der Waals surface area contributed by atoms with Gasteiger partial charge in [-0.3, -0.25) is 14.5 Å². The Labute approximate surface area is 169 Å². The van der Waals surface area contributed by atoms with Gasteiger partial charge in [-0.2, -0.15) is 0 Å². The van der Waals surface area contributed by atoms with Crippen molar-refractivity contribution in [3.8, 4) is 0 Å². The van der Waals surface area contributed by atoms with E-state index in [4.69, 9.17) is 0 Å². The number of nitrogens with zero attached hydrogens (tertiary/aromatic N) is 2. The Bertz CT molecular complexity index is 633. The normalized spacial score (nSPS) is 20.5. The highest BCUT2D eigenvalue weighted by Gasteiger charge is 2.29. The second-order valence-electron chi connectivity index (χ2n) is 8.64. The molecule has 0 spiro atoms. The van der Waals surface area contributed by atoms with Gasteiger partial charge in [0, 0.05) is 20.0 Å². The molecule has 1 saturated heterocycles. The van der Waals surface area contributed by atoms with Crippen LogP contribution < -0.4 is 5.32 Å². The lowest BCUT2D eigenvalue weighted by molar-refractivity contribution is -0.134. The monoisotopic (exact) mass is 385 g/mol. The van der Waals surface area contributed by atoms with Crippen LogP contribution in [0.3, 0.4) is 0 Å². The lowest BCUT2D eigenvalue weighted by Crippen LogP contribution is -2.45. The molecule has 3 rings (SSSR count). The van der Waals surface area contributed by atoms with Gasteiger partial charge in [0.2, 0.25) is 11.8 Å². The van der Waals surface area contributed by atoms with Gasteiger partial charge in [0.1, 0.15) is 0 Å². The maximum absolute atomic E-state index is 12.8. The van der Waals surface area contributed by atoms with Crippen molar-refractivity contribution in [1.29, 1.82) is 0 Å². The van der Waals surface area contributed by atoms with Crippen LogP contribution in [0.1, 0.15) is 56.6 Å². The van der Waals surface area contributed by atoms with Crippen LogP contribution in [0.15, 0.2) is 30.3 Å². The lowest BCUT2D eigenvalue weighted by atomic mass is 9.81. The van der Waals surface area contributed by atoms with Crippen LogP contribution in [-0.2, 0) is 9.59 Å². The summed E-state index contributed by atoms with van der Waals surface area (Å²) < 4.78 is 0. The Morgan fingerprint density at radius 3 is 2.29 bits per heavy atom. The van der Waals surface area contributed by atoms with Crippen LogP contribution in [0, 0.1) is 11.8 Å². The standard InChI is InChI=1S/C23H35N3O2/c1-25(2)23(28)20-13-15-26(16-14-20)17-21(27)24-22(18-9-5-3-6-10-18)19-11-7-4-8-12-19/h3,5-6,9-10,19-20,22H,4,7-8,11-17H2,1-2H3,(H,24,27)/t22-/m1/s1. The molecular weight excluding hydrogens is 350 g/mol. The first kappa shape index (κ1) is 20.8. The third-order valence-corrected chi connectivity index (χ3v) is 6.34. The van der Waals surface area contributed by atoms with Gasteiger partial charge < -0.3 is 10.2 Å². The quantitative estimate of drug-likeness (QED) is 0.818. The summed E-state index contributed by atoms with van der Waals surface area (Å²) in [5.74, 6) is 0.958. The molecule has 5 nitrogen and oxygen atoms in total. The SMILES string of the molecule is CN(C)C(=O)C1CCN(CC(=O)N[C@H](c2ccccc2)C2CCCCC2)CC1. The van der Waals surface area contributed by atoms with Crippen LogP contribution in [0.4, 0.5) is 0 Å². The maximum atomic E-state index is 12.8. The predicted octanol–water partition coefficient (Wildman–Crippen LogP) is 3.22. The average Bonchev–Trinajstić information content (AvgIpc) is 2.73. The van der Waals surface area contributed by atoms with Crippen LogP contribution in [0.5, 0.6) is 0 Å². The van der Waals surface area contributed by atoms with Gasteiger partial charge in [-0.1, -0.05) is 49.6 Å². The van der Waals surface area contributed by atoms with Crippen molar-refractivity contribution in [3.05, 3.63) is 35.9 Å². The van der Waals surface area contributed by atoms with E-state index in [2.05, 4.69) is 34.5 Å². The molecule has 1 saturated carbocycles. The number of rotatable bonds is 6. The minimum atomic E-state index is 0.105. The molecule has 2 fully saturated rings. The molecule has 1 N–H and O–H groups in total. The molecule has 2 amide bonds. The van der Waals surface area contributed by atoms with Crippen molar-refractivity contribution in [3.63, 3.8) is 0 Å². The molecule has 1 aliphatic heterocycles. The Hall–Kier alpha value is -1.88. The topological polar surface area (TPSA) is 52.7 Å². The number of benzene rings is 1. The Morgan fingerprint density at radius 2 is 1.68 bits per heavy atom. The molecule has 1 atom stereocenters. The fourth-order valence-corrected chi connectivity index (χ4v) is 4.73. The summed E-state index contributed by atoms with van der Waals surface area (Å²) in [6.07, 6.45) is 7.90. The predicted molar refractivity (Wildman–Crippen MR) is 112 cm³/mol. The van der Waals surface area contributed by atoms with E-state index in [0.717, 1.165) is 25.9 Å². The molecule has 0 aromatic heterocycles. The van der Waals surface area contributed by atoms with Gasteiger partial charge in [-0.15, -0.1) is 0 Å². The first-order chi connectivity index (χ1) is 13.5. The van der Waals surface area contributed by atoms with E-state index in [1.807, 2.05) is 20.2 Å². The Kier molecular flexibility index (Phi) is 7.49. The summed E-state index contributed by atoms with van der Waals surface area (Å²) in [4.78, 5) is 28.8. The van der Waals surface area contributed by atoms with Crippen molar-refractivity contribution in [2.75, 3.05) is 33.7 Å². The zero-order valence-electron chi connectivity index (χ0n) is 17.4. The summed E-state index contributed by atoms with van der Waals surface area (Å²) in [5.41, 5.74) is 1.22. The molecule has 1 aromatic carbocycles. The molecule has 154 valence electrons. The Balaban J connectivity index is 1.55. The number of likely N-dealkylation sites (tertiary alicyclic amines) is 1. The average molecular weight is 386 g/mol. The minimum Gasteiger partial charge on any atom is -0.349 e. The molecule has 0 unspecified atom stereocenters. The highest BCUT2D eigenvalue weighted by atomic mass is 16.2. The molecule has 5 heteroatoms. The highest BCUT2D eigenvalue weighted by molar-refractivity contribution is 5.79. The third-order valence-electron chi connectivity index (χ3n) is 6.34. The van der Waals surface area contributed by atoms with Gasteiger partial charge >= 0.3 is 0 Å². The molecule has 1 aromatic rings. The molecule has 28 heavy (non-hydrogen) atoms. The van der Waals surface area contributed by atoms with Crippen LogP contribution in [0.25, 0.3) is 0 Å². The van der Waals surface area contributed by atoms with Crippen LogP contribution >= 0.6 is 0 Å². The van der Waals surface area contributed by atoms with Gasteiger partial charge in [0.05, 0.1) is 12.6 Å². The van der Waals surface area contributed by atoms with Gasteiger partial charge in [0.15, 0.2) is 0 Å². The number of carbonyl (C=O) groups excluding carboxylic acids is 2. The first-order valence-corrected chi connectivity index (χ1v) is 10.8. The number of hydrogen-bond acceptors (Lipinski definition) is 3. The molecule has 2 aliphatic rings. The number of hydrogen-bond donors (Lipinski definition) is 1. The Morgan fingerprint density at radius 1 is 1.04 bits per heavy atom. The maximum Gasteiger partial charge on any atom is 0.234 e. The summed E-state index contributed by atoms with van der Waals surface area (Å²) in [7, 11) is 3.63. The second-order valence-corrected chi connectivity index (χ2v) is 8.64. The summed E-state index contributed by atoms with van der Waals surface area (Å²) in [5, 5.41) is 3.35. The van der Waals surface area contributed by atoms with Crippen LogP contribution in [-0.4, -0.2) is 55.3 Å². The van der Waals surface area contributed by atoms with Crippen molar-refractivity contribution in [1.82, 2.24) is 15.1 Å². The third kappa shape index (κ3) is 5.57. The second kappa shape index (κ2) is 10.1. The van der Waals surface area contributed by atoms with E-state index >= 15 is 0 Å². The van der Waals surface area contributed by atoms with E-state index in [0.29, 0.717) is 12.5 Å². The van der Waals surface area contributed by atoms with E-state index in [1.165, 1.54) is 37.7 Å². The molecular formula is C23H35N3O2. The first-order valence-electron chi connectivity index (χ1n) is 10.8. The van der Waals surface area contributed by atoms with Crippen LogP contribution in [0.2, 0.25) is 0 Å². The fraction of sp³-hybridized carbons (Fsp3) is 0.652. The summed E-state index contributed by atoms with van der Waals surface area (Å²) >= 11 is 0. The number of nitrogens with one attached hydrogen (secondary N) is 1. The smallest absolute Gasteiger partial charge is 0.234 e. The number of carbonyl (C=O) groups is 2. The zero-order chi connectivity index (χ0) is 19.9.